The van der Waals surface area contributed by atoms with Gasteiger partial charge in [0.1, 0.15) is 16.4 Å². The van der Waals surface area contributed by atoms with Gasteiger partial charge in [0, 0.05) is 24.9 Å². The van der Waals surface area contributed by atoms with Crippen LogP contribution in [0.5, 0.6) is 0 Å². The van der Waals surface area contributed by atoms with E-state index < -0.39 is 0 Å². The molecule has 3 aromatic heterocycles. The van der Waals surface area contributed by atoms with Crippen molar-refractivity contribution in [3.05, 3.63) is 59.1 Å². The number of pyridine rings is 1. The lowest BCUT2D eigenvalue weighted by Gasteiger charge is -2.06. The Balaban J connectivity index is 1.77. The molecule has 0 aliphatic rings. The van der Waals surface area contributed by atoms with Crippen LogP contribution >= 0.6 is 11.3 Å². The number of nitrogens with one attached hydrogen (secondary N) is 2. The summed E-state index contributed by atoms with van der Waals surface area (Å²) in [5.74, 6) is 0.0983. The summed E-state index contributed by atoms with van der Waals surface area (Å²) in [4.78, 5) is 17.1. The first-order valence-electron chi connectivity index (χ1n) is 7.99. The molecule has 0 saturated heterocycles. The monoisotopic (exact) mass is 382 g/mol. The Bertz CT molecular complexity index is 942. The predicted molar refractivity (Wildman–Crippen MR) is 102 cm³/mol. The van der Waals surface area contributed by atoms with E-state index in [2.05, 4.69) is 30.4 Å². The highest BCUT2D eigenvalue weighted by atomic mass is 32.1. The van der Waals surface area contributed by atoms with Gasteiger partial charge >= 0.3 is 0 Å². The third-order valence-electron chi connectivity index (χ3n) is 3.46. The second kappa shape index (κ2) is 8.92. The highest BCUT2D eigenvalue weighted by molar-refractivity contribution is 7.13. The molecule has 0 aromatic carbocycles. The van der Waals surface area contributed by atoms with Crippen molar-refractivity contribution in [1.82, 2.24) is 25.3 Å². The summed E-state index contributed by atoms with van der Waals surface area (Å²) in [6, 6.07) is 7.43. The second-order valence-corrected chi connectivity index (χ2v) is 6.30. The zero-order chi connectivity index (χ0) is 19.1. The Morgan fingerprint density at radius 2 is 2.19 bits per heavy atom. The van der Waals surface area contributed by atoms with E-state index in [0.717, 1.165) is 16.4 Å². The van der Waals surface area contributed by atoms with Crippen molar-refractivity contribution in [2.24, 2.45) is 5.11 Å². The number of rotatable bonds is 8. The predicted octanol–water partition coefficient (Wildman–Crippen LogP) is 2.84. The van der Waals surface area contributed by atoms with Crippen LogP contribution in [0.4, 0.5) is 5.95 Å². The Kier molecular flexibility index (Phi) is 6.13. The van der Waals surface area contributed by atoms with Crippen molar-refractivity contribution >= 4 is 23.0 Å². The first-order chi connectivity index (χ1) is 13.2. The maximum Gasteiger partial charge on any atom is 0.221 e. The molecule has 0 spiro atoms. The third-order valence-corrected chi connectivity index (χ3v) is 4.25. The third kappa shape index (κ3) is 4.90. The van der Waals surface area contributed by atoms with E-state index in [1.165, 1.54) is 11.3 Å². The fourth-order valence-corrected chi connectivity index (χ4v) is 2.93. The summed E-state index contributed by atoms with van der Waals surface area (Å²) >= 11 is 1.45. The number of nitrogen functional groups attached to an aromatic ring is 1. The minimum atomic E-state index is 0.0983. The molecular weight excluding hydrogens is 364 g/mol. The number of thiazole rings is 1. The zero-order valence-electron chi connectivity index (χ0n) is 14.6. The first-order valence-corrected chi connectivity index (χ1v) is 8.87. The molecule has 3 heterocycles. The molecule has 0 radical (unpaired) electrons. The quantitative estimate of drug-likeness (QED) is 0.510. The van der Waals surface area contributed by atoms with Crippen molar-refractivity contribution < 1.29 is 4.74 Å². The largest absolute Gasteiger partial charge is 0.383 e. The van der Waals surface area contributed by atoms with Crippen LogP contribution < -0.4 is 11.1 Å². The van der Waals surface area contributed by atoms with Crippen LogP contribution in [0.2, 0.25) is 0 Å². The van der Waals surface area contributed by atoms with E-state index in [9.17, 15) is 0 Å². The number of hydrogen-bond acceptors (Lipinski definition) is 10. The highest BCUT2D eigenvalue weighted by Gasteiger charge is 2.10. The number of hydrogen-bond donors (Lipinski definition) is 3. The van der Waals surface area contributed by atoms with Crippen LogP contribution in [0, 0.1) is 5.53 Å². The first kappa shape index (κ1) is 18.5. The minimum Gasteiger partial charge on any atom is -0.383 e. The second-order valence-electron chi connectivity index (χ2n) is 5.41. The molecule has 27 heavy (non-hydrogen) atoms. The molecule has 4 N–H and O–H groups in total. The molecule has 0 aliphatic heterocycles. The molecule has 138 valence electrons. The molecule has 0 unspecified atom stereocenters. The van der Waals surface area contributed by atoms with Gasteiger partial charge in [-0.1, -0.05) is 6.07 Å². The minimum absolute atomic E-state index is 0.0983. The van der Waals surface area contributed by atoms with Crippen molar-refractivity contribution in [3.63, 3.8) is 0 Å². The SMILES string of the molecule is COCc1cccc(CN/C=C(\N=N)c2cc(-c3nccs3)nc(N)n2)n1. The molecule has 3 rings (SSSR count). The van der Waals surface area contributed by atoms with Crippen molar-refractivity contribution in [1.29, 1.82) is 5.53 Å². The van der Waals surface area contributed by atoms with Crippen LogP contribution in [-0.4, -0.2) is 27.0 Å². The van der Waals surface area contributed by atoms with Gasteiger partial charge in [0.25, 0.3) is 0 Å². The summed E-state index contributed by atoms with van der Waals surface area (Å²) in [5.41, 5.74) is 16.3. The fraction of sp³-hybridized carbons (Fsp3) is 0.176. The lowest BCUT2D eigenvalue weighted by atomic mass is 10.2. The number of nitrogens with zero attached hydrogens (tertiary/aromatic N) is 5. The van der Waals surface area contributed by atoms with Gasteiger partial charge in [0.2, 0.25) is 5.95 Å². The number of methoxy groups -OCH3 is 1. The molecule has 3 aromatic rings. The van der Waals surface area contributed by atoms with Gasteiger partial charge in [0.15, 0.2) is 0 Å². The Morgan fingerprint density at radius 3 is 2.93 bits per heavy atom. The van der Waals surface area contributed by atoms with Crippen LogP contribution in [0.15, 0.2) is 47.2 Å². The van der Waals surface area contributed by atoms with Crippen molar-refractivity contribution in [3.8, 4) is 10.7 Å². The van der Waals surface area contributed by atoms with E-state index in [1.54, 1.807) is 25.6 Å². The van der Waals surface area contributed by atoms with Gasteiger partial charge in [0.05, 0.1) is 30.2 Å². The topological polar surface area (TPSA) is 135 Å². The average molecular weight is 382 g/mol. The van der Waals surface area contributed by atoms with Gasteiger partial charge < -0.3 is 15.8 Å². The van der Waals surface area contributed by atoms with E-state index in [0.29, 0.717) is 30.2 Å². The van der Waals surface area contributed by atoms with Gasteiger partial charge in [-0.25, -0.2) is 20.5 Å². The molecule has 0 atom stereocenters. The smallest absolute Gasteiger partial charge is 0.221 e. The lowest BCUT2D eigenvalue weighted by molar-refractivity contribution is 0.181. The van der Waals surface area contributed by atoms with Crippen LogP contribution in [0.1, 0.15) is 17.1 Å². The number of anilines is 1. The summed E-state index contributed by atoms with van der Waals surface area (Å²) in [5, 5.41) is 9.22. The van der Waals surface area contributed by atoms with E-state index >= 15 is 0 Å². The summed E-state index contributed by atoms with van der Waals surface area (Å²) in [7, 11) is 1.63. The van der Waals surface area contributed by atoms with Crippen LogP contribution in [-0.2, 0) is 17.9 Å². The Labute approximate surface area is 159 Å². The molecule has 0 aliphatic carbocycles. The van der Waals surface area contributed by atoms with Crippen molar-refractivity contribution in [2.45, 2.75) is 13.2 Å². The molecule has 0 fully saturated rings. The lowest BCUT2D eigenvalue weighted by Crippen LogP contribution is -2.09. The Hall–Kier alpha value is -3.24. The Morgan fingerprint density at radius 1 is 1.33 bits per heavy atom. The molecule has 9 nitrogen and oxygen atoms in total. The molecule has 0 bridgehead atoms. The molecular formula is C17H18N8OS. The summed E-state index contributed by atoms with van der Waals surface area (Å²) < 4.78 is 5.09. The van der Waals surface area contributed by atoms with Gasteiger partial charge in [-0.3, -0.25) is 4.98 Å². The fourth-order valence-electron chi connectivity index (χ4n) is 2.33. The number of nitrogens with two attached hydrogens (primary N) is 1. The van der Waals surface area contributed by atoms with Gasteiger partial charge in [-0.2, -0.15) is 5.11 Å². The van der Waals surface area contributed by atoms with Gasteiger partial charge in [-0.05, 0) is 18.2 Å². The summed E-state index contributed by atoms with van der Waals surface area (Å²) in [6.45, 7) is 0.924. The van der Waals surface area contributed by atoms with Crippen molar-refractivity contribution in [2.75, 3.05) is 12.8 Å². The molecule has 0 amide bonds. The van der Waals surface area contributed by atoms with Crippen LogP contribution in [0.25, 0.3) is 16.4 Å². The number of aromatic nitrogens is 4. The standard InChI is InChI=1S/C17H18N8OS/c1-26-10-12-4-2-3-11(22-12)8-20-9-15(25-19)13-7-14(24-17(18)23-13)16-21-5-6-27-16/h2-7,9,19-20H,8,10H2,1H3,(H2,18,23,24)/b15-9-,25-19?. The van der Waals surface area contributed by atoms with Gasteiger partial charge in [-0.15, -0.1) is 11.3 Å². The maximum atomic E-state index is 7.46. The molecule has 0 saturated carbocycles. The van der Waals surface area contributed by atoms with E-state index in [4.69, 9.17) is 16.0 Å². The van der Waals surface area contributed by atoms with E-state index in [-0.39, 0.29) is 5.95 Å². The zero-order valence-corrected chi connectivity index (χ0v) is 15.4. The van der Waals surface area contributed by atoms with Crippen LogP contribution in [0.3, 0.4) is 0 Å². The van der Waals surface area contributed by atoms with E-state index in [1.807, 2.05) is 23.6 Å². The maximum absolute atomic E-state index is 7.46. The summed E-state index contributed by atoms with van der Waals surface area (Å²) in [6.07, 6.45) is 3.29. The average Bonchev–Trinajstić information content (AvgIpc) is 3.20. The molecule has 10 heteroatoms. The highest BCUT2D eigenvalue weighted by Crippen LogP contribution is 2.23. The number of ether oxygens (including phenoxy) is 1. The normalized spacial score (nSPS) is 11.4.